The second kappa shape index (κ2) is 8.32. The maximum Gasteiger partial charge on any atom is 0.168 e. The number of hydrogen-bond acceptors (Lipinski definition) is 5. The molecule has 1 N–H and O–H groups in total. The van der Waals surface area contributed by atoms with E-state index in [9.17, 15) is 4.39 Å². The third-order valence-corrected chi connectivity index (χ3v) is 5.69. The molecule has 28 heavy (non-hydrogen) atoms. The van der Waals surface area contributed by atoms with Gasteiger partial charge in [0.1, 0.15) is 11.6 Å². The van der Waals surface area contributed by atoms with E-state index in [0.29, 0.717) is 6.04 Å². The van der Waals surface area contributed by atoms with Crippen LogP contribution < -0.4 is 5.32 Å². The molecule has 0 bridgehead atoms. The van der Waals surface area contributed by atoms with Crippen LogP contribution in [0.5, 0.6) is 0 Å². The molecule has 0 saturated carbocycles. The lowest BCUT2D eigenvalue weighted by Gasteiger charge is -2.23. The van der Waals surface area contributed by atoms with Gasteiger partial charge in [0.05, 0.1) is 11.4 Å². The number of benzene rings is 1. The summed E-state index contributed by atoms with van der Waals surface area (Å²) in [7, 11) is 2.01. The number of nitrogens with one attached hydrogen (secondary N) is 1. The Kier molecular flexibility index (Phi) is 5.64. The number of aromatic nitrogens is 3. The van der Waals surface area contributed by atoms with Crippen LogP contribution in [0, 0.1) is 5.82 Å². The molecule has 1 aliphatic heterocycles. The number of pyridine rings is 1. The summed E-state index contributed by atoms with van der Waals surface area (Å²) in [5, 5.41) is 4.43. The highest BCUT2D eigenvalue weighted by Gasteiger charge is 2.19. The molecule has 1 aliphatic rings. The first-order valence-corrected chi connectivity index (χ1v) is 10.6. The fourth-order valence-corrected chi connectivity index (χ4v) is 4.06. The van der Waals surface area contributed by atoms with Gasteiger partial charge in [-0.1, -0.05) is 11.8 Å². The number of imidazole rings is 1. The molecule has 3 heterocycles. The Morgan fingerprint density at radius 3 is 2.61 bits per heavy atom. The molecule has 5 nitrogen and oxygen atoms in total. The van der Waals surface area contributed by atoms with Crippen LogP contribution in [0.15, 0.2) is 47.8 Å². The zero-order valence-corrected chi connectivity index (χ0v) is 16.8. The zero-order valence-electron chi connectivity index (χ0n) is 16.0. The third-order valence-electron chi connectivity index (χ3n) is 4.96. The minimum atomic E-state index is -0.252. The van der Waals surface area contributed by atoms with Gasteiger partial charge in [-0.3, -0.25) is 0 Å². The van der Waals surface area contributed by atoms with E-state index in [2.05, 4.69) is 20.9 Å². The summed E-state index contributed by atoms with van der Waals surface area (Å²) in [5.74, 6) is 0.597. The van der Waals surface area contributed by atoms with Crippen molar-refractivity contribution >= 4 is 17.6 Å². The van der Waals surface area contributed by atoms with Crippen LogP contribution in [-0.4, -0.2) is 40.0 Å². The normalized spacial score (nSPS) is 15.0. The van der Waals surface area contributed by atoms with E-state index in [0.717, 1.165) is 59.5 Å². The molecule has 0 atom stereocenters. The smallest absolute Gasteiger partial charge is 0.168 e. The number of hydrogen-bond donors (Lipinski definition) is 1. The molecule has 1 aromatic carbocycles. The standard InChI is InChI=1S/C21H23FN4OS/c1-26-20(19(25-21(26)28-2)14-3-5-16(22)6-4-14)15-7-10-23-18(13-15)24-17-8-11-27-12-9-17/h3-7,10,13,17H,8-9,11-12H2,1-2H3,(H,23,24). The molecule has 0 spiro atoms. The minimum Gasteiger partial charge on any atom is -0.381 e. The molecule has 0 amide bonds. The number of ether oxygens (including phenoxy) is 1. The largest absolute Gasteiger partial charge is 0.381 e. The van der Waals surface area contributed by atoms with Gasteiger partial charge < -0.3 is 14.6 Å². The maximum atomic E-state index is 13.4. The summed E-state index contributed by atoms with van der Waals surface area (Å²) in [6, 6.07) is 10.9. The second-order valence-electron chi connectivity index (χ2n) is 6.82. The Hall–Kier alpha value is -2.38. The number of halogens is 1. The van der Waals surface area contributed by atoms with Gasteiger partial charge in [0.25, 0.3) is 0 Å². The van der Waals surface area contributed by atoms with Gasteiger partial charge in [0, 0.05) is 43.6 Å². The molecule has 0 aliphatic carbocycles. The van der Waals surface area contributed by atoms with Crippen molar-refractivity contribution < 1.29 is 9.13 Å². The van der Waals surface area contributed by atoms with Crippen molar-refractivity contribution in [1.82, 2.24) is 14.5 Å². The Balaban J connectivity index is 1.72. The van der Waals surface area contributed by atoms with Crippen LogP contribution in [-0.2, 0) is 11.8 Å². The summed E-state index contributed by atoms with van der Waals surface area (Å²) < 4.78 is 20.9. The van der Waals surface area contributed by atoms with Crippen molar-refractivity contribution in [3.05, 3.63) is 48.4 Å². The molecule has 3 aromatic rings. The predicted molar refractivity (Wildman–Crippen MR) is 111 cm³/mol. The summed E-state index contributed by atoms with van der Waals surface area (Å²) in [4.78, 5) is 9.29. The number of nitrogens with zero attached hydrogens (tertiary/aromatic N) is 3. The molecule has 7 heteroatoms. The van der Waals surface area contributed by atoms with Crippen molar-refractivity contribution in [1.29, 1.82) is 0 Å². The minimum absolute atomic E-state index is 0.252. The molecule has 1 saturated heterocycles. The van der Waals surface area contributed by atoms with Gasteiger partial charge in [-0.2, -0.15) is 0 Å². The highest BCUT2D eigenvalue weighted by atomic mass is 32.2. The maximum absolute atomic E-state index is 13.4. The highest BCUT2D eigenvalue weighted by Crippen LogP contribution is 2.35. The van der Waals surface area contributed by atoms with Gasteiger partial charge in [-0.05, 0) is 55.5 Å². The van der Waals surface area contributed by atoms with Crippen molar-refractivity contribution in [2.24, 2.45) is 7.05 Å². The van der Waals surface area contributed by atoms with Gasteiger partial charge in [0.15, 0.2) is 5.16 Å². The lowest BCUT2D eigenvalue weighted by molar-refractivity contribution is 0.0904. The summed E-state index contributed by atoms with van der Waals surface area (Å²) in [5.41, 5.74) is 3.76. The molecule has 146 valence electrons. The van der Waals surface area contributed by atoms with E-state index in [1.54, 1.807) is 23.9 Å². The van der Waals surface area contributed by atoms with Crippen molar-refractivity contribution in [3.63, 3.8) is 0 Å². The van der Waals surface area contributed by atoms with E-state index in [1.165, 1.54) is 12.1 Å². The zero-order chi connectivity index (χ0) is 19.5. The lowest BCUT2D eigenvalue weighted by atomic mass is 10.0. The Morgan fingerprint density at radius 2 is 1.89 bits per heavy atom. The van der Waals surface area contributed by atoms with E-state index >= 15 is 0 Å². The average Bonchev–Trinajstić information content (AvgIpc) is 3.06. The molecule has 4 rings (SSSR count). The molecule has 2 aromatic heterocycles. The van der Waals surface area contributed by atoms with Gasteiger partial charge in [-0.15, -0.1) is 0 Å². The molecule has 1 fully saturated rings. The monoisotopic (exact) mass is 398 g/mol. The number of thioether (sulfide) groups is 1. The van der Waals surface area contributed by atoms with Crippen LogP contribution >= 0.6 is 11.8 Å². The first-order chi connectivity index (χ1) is 13.7. The van der Waals surface area contributed by atoms with E-state index in [-0.39, 0.29) is 5.82 Å². The fourth-order valence-electron chi connectivity index (χ4n) is 3.51. The predicted octanol–water partition coefficient (Wildman–Crippen LogP) is 4.60. The molecule has 0 unspecified atom stereocenters. The van der Waals surface area contributed by atoms with Gasteiger partial charge >= 0.3 is 0 Å². The van der Waals surface area contributed by atoms with E-state index in [1.807, 2.05) is 25.6 Å². The van der Waals surface area contributed by atoms with Gasteiger partial charge in [-0.25, -0.2) is 14.4 Å². The van der Waals surface area contributed by atoms with E-state index < -0.39 is 0 Å². The molecular weight excluding hydrogens is 375 g/mol. The van der Waals surface area contributed by atoms with Crippen LogP contribution in [0.1, 0.15) is 12.8 Å². The highest BCUT2D eigenvalue weighted by molar-refractivity contribution is 7.98. The first kappa shape index (κ1) is 19.0. The molecule has 0 radical (unpaired) electrons. The first-order valence-electron chi connectivity index (χ1n) is 9.33. The van der Waals surface area contributed by atoms with E-state index in [4.69, 9.17) is 9.72 Å². The quantitative estimate of drug-likeness (QED) is 0.637. The SMILES string of the molecule is CSc1nc(-c2ccc(F)cc2)c(-c2ccnc(NC3CCOCC3)c2)n1C. The fraction of sp³-hybridized carbons (Fsp3) is 0.333. The second-order valence-corrected chi connectivity index (χ2v) is 7.60. The Labute approximate surface area is 168 Å². The number of anilines is 1. The van der Waals surface area contributed by atoms with Crippen molar-refractivity contribution in [2.75, 3.05) is 24.8 Å². The topological polar surface area (TPSA) is 52.0 Å². The summed E-state index contributed by atoms with van der Waals surface area (Å²) >= 11 is 1.59. The van der Waals surface area contributed by atoms with Crippen LogP contribution in [0.2, 0.25) is 0 Å². The number of rotatable bonds is 5. The van der Waals surface area contributed by atoms with Crippen molar-refractivity contribution in [2.45, 2.75) is 24.0 Å². The van der Waals surface area contributed by atoms with Crippen LogP contribution in [0.4, 0.5) is 10.2 Å². The van der Waals surface area contributed by atoms with Crippen molar-refractivity contribution in [3.8, 4) is 22.5 Å². The lowest BCUT2D eigenvalue weighted by Crippen LogP contribution is -2.28. The Morgan fingerprint density at radius 1 is 1.14 bits per heavy atom. The average molecular weight is 399 g/mol. The molecular formula is C21H23FN4OS. The summed E-state index contributed by atoms with van der Waals surface area (Å²) in [6.45, 7) is 1.57. The van der Waals surface area contributed by atoms with Crippen LogP contribution in [0.25, 0.3) is 22.5 Å². The van der Waals surface area contributed by atoms with Gasteiger partial charge in [0.2, 0.25) is 0 Å². The van der Waals surface area contributed by atoms with Crippen LogP contribution in [0.3, 0.4) is 0 Å². The Bertz CT molecular complexity index is 952. The summed E-state index contributed by atoms with van der Waals surface area (Å²) in [6.07, 6.45) is 5.78. The third kappa shape index (κ3) is 3.91.